The van der Waals surface area contributed by atoms with Crippen molar-refractivity contribution in [1.82, 2.24) is 10.2 Å². The zero-order chi connectivity index (χ0) is 12.3. The number of carbonyl (C=O) groups is 1. The lowest BCUT2D eigenvalue weighted by atomic mass is 10.3. The first-order valence-electron chi connectivity index (χ1n) is 4.70. The number of thiophene rings is 1. The first kappa shape index (κ1) is 11.8. The molecule has 5 nitrogen and oxygen atoms in total. The lowest BCUT2D eigenvalue weighted by molar-refractivity contribution is 0.0697. The third-order valence-corrected chi connectivity index (χ3v) is 3.24. The second-order valence-electron chi connectivity index (χ2n) is 3.16. The lowest BCUT2D eigenvalue weighted by Crippen LogP contribution is -2.08. The largest absolute Gasteiger partial charge is 0.478 e. The predicted molar refractivity (Wildman–Crippen MR) is 65.6 cm³/mol. The Morgan fingerprint density at radius 3 is 2.94 bits per heavy atom. The Hall–Kier alpha value is -1.66. The maximum atomic E-state index is 10.9. The van der Waals surface area contributed by atoms with Crippen LogP contribution in [0.15, 0.2) is 24.4 Å². The Kier molecular flexibility index (Phi) is 3.55. The van der Waals surface area contributed by atoms with E-state index < -0.39 is 5.97 Å². The highest BCUT2D eigenvalue weighted by Crippen LogP contribution is 2.22. The zero-order valence-electron chi connectivity index (χ0n) is 8.55. The smallest absolute Gasteiger partial charge is 0.339 e. The van der Waals surface area contributed by atoms with Gasteiger partial charge in [-0.25, -0.2) is 4.79 Å². The van der Waals surface area contributed by atoms with E-state index in [1.54, 1.807) is 6.07 Å². The van der Waals surface area contributed by atoms with E-state index in [9.17, 15) is 4.79 Å². The monoisotopic (exact) mass is 269 g/mol. The summed E-state index contributed by atoms with van der Waals surface area (Å²) in [7, 11) is 0. The molecule has 2 aromatic heterocycles. The predicted octanol–water partition coefficient (Wildman–Crippen LogP) is 2.50. The number of hydrogen-bond donors (Lipinski definition) is 2. The molecule has 0 aliphatic rings. The van der Waals surface area contributed by atoms with E-state index in [1.165, 1.54) is 23.6 Å². The molecule has 0 atom stereocenters. The van der Waals surface area contributed by atoms with Crippen molar-refractivity contribution in [3.05, 3.63) is 39.2 Å². The first-order chi connectivity index (χ1) is 8.16. The van der Waals surface area contributed by atoms with Gasteiger partial charge in [0.1, 0.15) is 5.56 Å². The van der Waals surface area contributed by atoms with Crippen LogP contribution in [0.4, 0.5) is 5.82 Å². The molecule has 0 bridgehead atoms. The van der Waals surface area contributed by atoms with Crippen molar-refractivity contribution in [2.24, 2.45) is 0 Å². The summed E-state index contributed by atoms with van der Waals surface area (Å²) >= 11 is 7.22. The minimum absolute atomic E-state index is 0.0997. The number of halogens is 1. The van der Waals surface area contributed by atoms with Gasteiger partial charge in [-0.1, -0.05) is 11.6 Å². The van der Waals surface area contributed by atoms with Crippen LogP contribution in [0.5, 0.6) is 0 Å². The highest BCUT2D eigenvalue weighted by atomic mass is 35.5. The van der Waals surface area contributed by atoms with Crippen LogP contribution in [0.1, 0.15) is 15.2 Å². The third-order valence-electron chi connectivity index (χ3n) is 2.01. The van der Waals surface area contributed by atoms with Crippen LogP contribution in [0.25, 0.3) is 0 Å². The molecule has 17 heavy (non-hydrogen) atoms. The molecule has 0 saturated carbocycles. The van der Waals surface area contributed by atoms with E-state index in [2.05, 4.69) is 15.5 Å². The quantitative estimate of drug-likeness (QED) is 0.892. The molecule has 0 radical (unpaired) electrons. The van der Waals surface area contributed by atoms with E-state index in [0.29, 0.717) is 10.9 Å². The molecule has 2 N–H and O–H groups in total. The van der Waals surface area contributed by atoms with Crippen LogP contribution in [0, 0.1) is 0 Å². The van der Waals surface area contributed by atoms with Gasteiger partial charge in [0.15, 0.2) is 5.82 Å². The number of nitrogens with one attached hydrogen (secondary N) is 1. The van der Waals surface area contributed by atoms with Gasteiger partial charge in [0, 0.05) is 4.88 Å². The fourth-order valence-electron chi connectivity index (χ4n) is 1.25. The van der Waals surface area contributed by atoms with Gasteiger partial charge in [0.25, 0.3) is 0 Å². The topological polar surface area (TPSA) is 75.1 Å². The van der Waals surface area contributed by atoms with Crippen LogP contribution in [-0.2, 0) is 6.54 Å². The number of aromatic nitrogens is 2. The van der Waals surface area contributed by atoms with Gasteiger partial charge < -0.3 is 10.4 Å². The van der Waals surface area contributed by atoms with Gasteiger partial charge in [-0.15, -0.1) is 16.4 Å². The Morgan fingerprint density at radius 1 is 1.47 bits per heavy atom. The minimum atomic E-state index is -1.04. The fourth-order valence-corrected chi connectivity index (χ4v) is 2.28. The molecule has 0 aliphatic heterocycles. The summed E-state index contributed by atoms with van der Waals surface area (Å²) in [5.74, 6) is -0.781. The maximum absolute atomic E-state index is 10.9. The highest BCUT2D eigenvalue weighted by molar-refractivity contribution is 7.16. The number of aromatic carboxylic acids is 1. The average Bonchev–Trinajstić information content (AvgIpc) is 2.73. The van der Waals surface area contributed by atoms with Crippen LogP contribution >= 0.6 is 22.9 Å². The van der Waals surface area contributed by atoms with Crippen molar-refractivity contribution in [2.45, 2.75) is 6.54 Å². The Balaban J connectivity index is 2.11. The second-order valence-corrected chi connectivity index (χ2v) is 4.96. The zero-order valence-corrected chi connectivity index (χ0v) is 10.1. The Labute approximate surface area is 106 Å². The summed E-state index contributed by atoms with van der Waals surface area (Å²) in [4.78, 5) is 11.9. The van der Waals surface area contributed by atoms with E-state index in [1.807, 2.05) is 6.07 Å². The SMILES string of the molecule is O=C(O)c1ccnnc1NCc1ccc(Cl)s1. The van der Waals surface area contributed by atoms with Gasteiger partial charge in [-0.2, -0.15) is 5.10 Å². The average molecular weight is 270 g/mol. The van der Waals surface area contributed by atoms with Crippen LogP contribution in [0.2, 0.25) is 4.34 Å². The van der Waals surface area contributed by atoms with E-state index in [-0.39, 0.29) is 11.4 Å². The molecule has 0 unspecified atom stereocenters. The van der Waals surface area contributed by atoms with Gasteiger partial charge >= 0.3 is 5.97 Å². The van der Waals surface area contributed by atoms with Crippen molar-refractivity contribution in [3.8, 4) is 0 Å². The summed E-state index contributed by atoms with van der Waals surface area (Å²) in [6.07, 6.45) is 1.34. The minimum Gasteiger partial charge on any atom is -0.478 e. The van der Waals surface area contributed by atoms with Crippen LogP contribution in [0.3, 0.4) is 0 Å². The molecule has 0 amide bonds. The lowest BCUT2D eigenvalue weighted by Gasteiger charge is -2.05. The number of rotatable bonds is 4. The van der Waals surface area contributed by atoms with Crippen molar-refractivity contribution >= 4 is 34.7 Å². The first-order valence-corrected chi connectivity index (χ1v) is 5.89. The normalized spacial score (nSPS) is 10.2. The molecule has 0 aliphatic carbocycles. The fraction of sp³-hybridized carbons (Fsp3) is 0.100. The van der Waals surface area contributed by atoms with Crippen molar-refractivity contribution in [3.63, 3.8) is 0 Å². The number of nitrogens with zero attached hydrogens (tertiary/aromatic N) is 2. The summed E-state index contributed by atoms with van der Waals surface area (Å²) in [6.45, 7) is 0.469. The molecule has 88 valence electrons. The summed E-state index contributed by atoms with van der Waals surface area (Å²) in [6, 6.07) is 5.06. The van der Waals surface area contributed by atoms with Crippen molar-refractivity contribution in [1.29, 1.82) is 0 Å². The molecule has 0 fully saturated rings. The molecular formula is C10H8ClN3O2S. The number of anilines is 1. The molecule has 2 rings (SSSR count). The summed E-state index contributed by atoms with van der Waals surface area (Å²) in [5.41, 5.74) is 0.0997. The van der Waals surface area contributed by atoms with Crippen molar-refractivity contribution in [2.75, 3.05) is 5.32 Å². The molecule has 0 aromatic carbocycles. The molecule has 0 spiro atoms. The standard InChI is InChI=1S/C10H8ClN3O2S/c11-8-2-1-6(17-8)5-12-9-7(10(15)16)3-4-13-14-9/h1-4H,5H2,(H,12,14)(H,15,16). The Bertz CT molecular complexity index is 544. The van der Waals surface area contributed by atoms with Gasteiger partial charge in [0.2, 0.25) is 0 Å². The molecule has 2 heterocycles. The molecular weight excluding hydrogens is 262 g/mol. The van der Waals surface area contributed by atoms with Gasteiger partial charge in [-0.05, 0) is 18.2 Å². The number of carboxylic acids is 1. The third kappa shape index (κ3) is 2.92. The van der Waals surface area contributed by atoms with Crippen LogP contribution in [-0.4, -0.2) is 21.3 Å². The molecule has 2 aromatic rings. The number of carboxylic acid groups (broad SMARTS) is 1. The highest BCUT2D eigenvalue weighted by Gasteiger charge is 2.11. The van der Waals surface area contributed by atoms with E-state index >= 15 is 0 Å². The van der Waals surface area contributed by atoms with Crippen LogP contribution < -0.4 is 5.32 Å². The van der Waals surface area contributed by atoms with E-state index in [4.69, 9.17) is 16.7 Å². The maximum Gasteiger partial charge on any atom is 0.339 e. The van der Waals surface area contributed by atoms with Crippen molar-refractivity contribution < 1.29 is 9.90 Å². The molecule has 7 heteroatoms. The summed E-state index contributed by atoms with van der Waals surface area (Å²) < 4.78 is 0.694. The molecule has 0 saturated heterocycles. The van der Waals surface area contributed by atoms with Gasteiger partial charge in [-0.3, -0.25) is 0 Å². The Morgan fingerprint density at radius 2 is 2.29 bits per heavy atom. The number of hydrogen-bond acceptors (Lipinski definition) is 5. The summed E-state index contributed by atoms with van der Waals surface area (Å²) in [5, 5.41) is 19.3. The second kappa shape index (κ2) is 5.11. The van der Waals surface area contributed by atoms with E-state index in [0.717, 1.165) is 4.88 Å². The van der Waals surface area contributed by atoms with Gasteiger partial charge in [0.05, 0.1) is 17.1 Å².